The molecule has 0 spiro atoms. The first kappa shape index (κ1) is 17.5. The van der Waals surface area contributed by atoms with Crippen molar-refractivity contribution < 1.29 is 14.3 Å². The summed E-state index contributed by atoms with van der Waals surface area (Å²) in [6.45, 7) is 4.37. The van der Waals surface area contributed by atoms with Crippen molar-refractivity contribution in [2.24, 2.45) is 0 Å². The lowest BCUT2D eigenvalue weighted by Crippen LogP contribution is -2.34. The molecule has 1 N–H and O–H groups in total. The molecule has 0 radical (unpaired) electrons. The molecule has 0 unspecified atom stereocenters. The molecule has 2 aromatic rings. The molecule has 0 aliphatic rings. The van der Waals surface area contributed by atoms with Crippen LogP contribution in [0.25, 0.3) is 0 Å². The Bertz CT molecular complexity index is 711. The Morgan fingerprint density at radius 2 is 1.75 bits per heavy atom. The summed E-state index contributed by atoms with van der Waals surface area (Å²) in [5.74, 6) is 0.824. The SMILES string of the molecule is CC(=O)c1ccc(NC(=O)N(C)CCOc2ccccc2C)cc1. The van der Waals surface area contributed by atoms with E-state index in [0.717, 1.165) is 11.3 Å². The number of hydrogen-bond donors (Lipinski definition) is 1. The second-order valence-electron chi connectivity index (χ2n) is 5.60. The minimum atomic E-state index is -0.223. The number of amides is 2. The summed E-state index contributed by atoms with van der Waals surface area (Å²) in [6, 6.07) is 14.4. The van der Waals surface area contributed by atoms with Gasteiger partial charge in [-0.25, -0.2) is 4.79 Å². The number of rotatable bonds is 6. The molecule has 0 atom stereocenters. The number of ketones is 1. The number of nitrogens with one attached hydrogen (secondary N) is 1. The van der Waals surface area contributed by atoms with Gasteiger partial charge in [-0.2, -0.15) is 0 Å². The Labute approximate surface area is 142 Å². The smallest absolute Gasteiger partial charge is 0.321 e. The molecular weight excluding hydrogens is 304 g/mol. The van der Waals surface area contributed by atoms with Crippen LogP contribution in [0.3, 0.4) is 0 Å². The molecule has 0 bridgehead atoms. The van der Waals surface area contributed by atoms with Gasteiger partial charge in [-0.15, -0.1) is 0 Å². The third-order valence-corrected chi connectivity index (χ3v) is 3.67. The first-order chi connectivity index (χ1) is 11.5. The maximum atomic E-state index is 12.1. The van der Waals surface area contributed by atoms with Gasteiger partial charge in [0.2, 0.25) is 0 Å². The number of nitrogens with zero attached hydrogens (tertiary/aromatic N) is 1. The lowest BCUT2D eigenvalue weighted by molar-refractivity contribution is 0.101. The van der Waals surface area contributed by atoms with Crippen LogP contribution in [0.2, 0.25) is 0 Å². The minimum Gasteiger partial charge on any atom is -0.491 e. The summed E-state index contributed by atoms with van der Waals surface area (Å²) in [6.07, 6.45) is 0. The number of aryl methyl sites for hydroxylation is 1. The summed E-state index contributed by atoms with van der Waals surface area (Å²) in [7, 11) is 1.71. The summed E-state index contributed by atoms with van der Waals surface area (Å²) >= 11 is 0. The zero-order valence-corrected chi connectivity index (χ0v) is 14.2. The van der Waals surface area contributed by atoms with Crippen molar-refractivity contribution in [3.05, 3.63) is 59.7 Å². The van der Waals surface area contributed by atoms with Crippen molar-refractivity contribution in [2.75, 3.05) is 25.5 Å². The van der Waals surface area contributed by atoms with Gasteiger partial charge in [-0.1, -0.05) is 18.2 Å². The van der Waals surface area contributed by atoms with E-state index in [1.54, 1.807) is 36.2 Å². The van der Waals surface area contributed by atoms with Gasteiger partial charge in [0, 0.05) is 18.3 Å². The number of carbonyl (C=O) groups excluding carboxylic acids is 2. The van der Waals surface area contributed by atoms with Crippen LogP contribution in [0.5, 0.6) is 5.75 Å². The molecule has 2 amide bonds. The Morgan fingerprint density at radius 3 is 2.38 bits per heavy atom. The van der Waals surface area contributed by atoms with Gasteiger partial charge in [0.15, 0.2) is 5.78 Å². The van der Waals surface area contributed by atoms with E-state index in [1.807, 2.05) is 31.2 Å². The van der Waals surface area contributed by atoms with E-state index in [2.05, 4.69) is 5.32 Å². The summed E-state index contributed by atoms with van der Waals surface area (Å²) in [5.41, 5.74) is 2.33. The van der Waals surface area contributed by atoms with Gasteiger partial charge in [0.1, 0.15) is 12.4 Å². The molecule has 2 rings (SSSR count). The Kier molecular flexibility index (Phi) is 5.95. The van der Waals surface area contributed by atoms with Crippen molar-refractivity contribution in [1.29, 1.82) is 0 Å². The van der Waals surface area contributed by atoms with Gasteiger partial charge in [-0.05, 0) is 49.7 Å². The Morgan fingerprint density at radius 1 is 1.08 bits per heavy atom. The monoisotopic (exact) mass is 326 g/mol. The van der Waals surface area contributed by atoms with Crippen LogP contribution in [0.1, 0.15) is 22.8 Å². The molecule has 0 fully saturated rings. The molecule has 5 nitrogen and oxygen atoms in total. The summed E-state index contributed by atoms with van der Waals surface area (Å²) in [4.78, 5) is 24.9. The lowest BCUT2D eigenvalue weighted by atomic mass is 10.1. The maximum Gasteiger partial charge on any atom is 0.321 e. The molecule has 0 aromatic heterocycles. The molecule has 126 valence electrons. The highest BCUT2D eigenvalue weighted by atomic mass is 16.5. The maximum absolute atomic E-state index is 12.1. The highest BCUT2D eigenvalue weighted by Crippen LogP contribution is 2.16. The zero-order chi connectivity index (χ0) is 17.5. The van der Waals surface area contributed by atoms with E-state index in [9.17, 15) is 9.59 Å². The minimum absolute atomic E-state index is 0.00153. The second kappa shape index (κ2) is 8.15. The third kappa shape index (κ3) is 4.84. The van der Waals surface area contributed by atoms with Crippen LogP contribution >= 0.6 is 0 Å². The largest absolute Gasteiger partial charge is 0.491 e. The number of Topliss-reactive ketones (excluding diaryl/α,β-unsaturated/α-hetero) is 1. The van der Waals surface area contributed by atoms with Crippen molar-refractivity contribution in [1.82, 2.24) is 4.90 Å². The number of ether oxygens (including phenoxy) is 1. The van der Waals surface area contributed by atoms with Crippen molar-refractivity contribution in [2.45, 2.75) is 13.8 Å². The van der Waals surface area contributed by atoms with Gasteiger partial charge >= 0.3 is 6.03 Å². The standard InChI is InChI=1S/C19H22N2O3/c1-14-6-4-5-7-18(14)24-13-12-21(3)19(23)20-17-10-8-16(9-11-17)15(2)22/h4-11H,12-13H2,1-3H3,(H,20,23). The van der Waals surface area contributed by atoms with Gasteiger partial charge in [-0.3, -0.25) is 4.79 Å². The highest BCUT2D eigenvalue weighted by molar-refractivity contribution is 5.95. The van der Waals surface area contributed by atoms with Crippen LogP contribution in [-0.4, -0.2) is 36.9 Å². The van der Waals surface area contributed by atoms with E-state index >= 15 is 0 Å². The predicted molar refractivity (Wildman–Crippen MR) is 94.8 cm³/mol. The first-order valence-corrected chi connectivity index (χ1v) is 7.79. The number of benzene rings is 2. The highest BCUT2D eigenvalue weighted by Gasteiger charge is 2.09. The molecular formula is C19H22N2O3. The van der Waals surface area contributed by atoms with Crippen LogP contribution in [0.4, 0.5) is 10.5 Å². The molecule has 5 heteroatoms. The predicted octanol–water partition coefficient (Wildman–Crippen LogP) is 3.74. The van der Waals surface area contributed by atoms with Crippen LogP contribution in [-0.2, 0) is 0 Å². The molecule has 2 aromatic carbocycles. The van der Waals surface area contributed by atoms with E-state index in [-0.39, 0.29) is 11.8 Å². The third-order valence-electron chi connectivity index (χ3n) is 3.67. The summed E-state index contributed by atoms with van der Waals surface area (Å²) < 4.78 is 5.69. The fourth-order valence-electron chi connectivity index (χ4n) is 2.12. The van der Waals surface area contributed by atoms with Crippen LogP contribution < -0.4 is 10.1 Å². The van der Waals surface area contributed by atoms with Gasteiger partial charge < -0.3 is 15.0 Å². The van der Waals surface area contributed by atoms with Crippen molar-refractivity contribution in [3.8, 4) is 5.75 Å². The fraction of sp³-hybridized carbons (Fsp3) is 0.263. The van der Waals surface area contributed by atoms with E-state index in [0.29, 0.717) is 24.4 Å². The molecule has 0 aliphatic carbocycles. The average molecular weight is 326 g/mol. The number of para-hydroxylation sites is 1. The van der Waals surface area contributed by atoms with Crippen LogP contribution in [0.15, 0.2) is 48.5 Å². The van der Waals surface area contributed by atoms with Crippen LogP contribution in [0, 0.1) is 6.92 Å². The van der Waals surface area contributed by atoms with E-state index in [1.165, 1.54) is 6.92 Å². The van der Waals surface area contributed by atoms with Gasteiger partial charge in [0.05, 0.1) is 6.54 Å². The number of hydrogen-bond acceptors (Lipinski definition) is 3. The second-order valence-corrected chi connectivity index (χ2v) is 5.60. The molecule has 0 saturated carbocycles. The molecule has 0 saturated heterocycles. The quantitative estimate of drug-likeness (QED) is 0.823. The lowest BCUT2D eigenvalue weighted by Gasteiger charge is -2.18. The topological polar surface area (TPSA) is 58.6 Å². The Hall–Kier alpha value is -2.82. The average Bonchev–Trinajstić information content (AvgIpc) is 2.57. The number of likely N-dealkylation sites (N-methyl/N-ethyl adjacent to an activating group) is 1. The first-order valence-electron chi connectivity index (χ1n) is 7.79. The molecule has 0 heterocycles. The fourth-order valence-corrected chi connectivity index (χ4v) is 2.12. The number of urea groups is 1. The number of anilines is 1. The Balaban J connectivity index is 1.81. The van der Waals surface area contributed by atoms with Gasteiger partial charge in [0.25, 0.3) is 0 Å². The molecule has 24 heavy (non-hydrogen) atoms. The molecule has 0 aliphatic heterocycles. The number of carbonyl (C=O) groups is 2. The normalized spacial score (nSPS) is 10.1. The summed E-state index contributed by atoms with van der Waals surface area (Å²) in [5, 5.41) is 2.79. The van der Waals surface area contributed by atoms with E-state index < -0.39 is 0 Å². The zero-order valence-electron chi connectivity index (χ0n) is 14.2. The van der Waals surface area contributed by atoms with Crippen molar-refractivity contribution >= 4 is 17.5 Å². The van der Waals surface area contributed by atoms with E-state index in [4.69, 9.17) is 4.74 Å². The van der Waals surface area contributed by atoms with Crippen molar-refractivity contribution in [3.63, 3.8) is 0 Å².